The molecule has 1 aliphatic carbocycles. The number of aromatic amines is 1. The number of halogens is 1. The number of nitrogens with zero attached hydrogens (tertiary/aromatic N) is 1. The Morgan fingerprint density at radius 2 is 2.21 bits per heavy atom. The van der Waals surface area contributed by atoms with Crippen LogP contribution < -0.4 is 10.9 Å². The third-order valence-corrected chi connectivity index (χ3v) is 3.58. The van der Waals surface area contributed by atoms with Crippen molar-refractivity contribution in [3.05, 3.63) is 56.5 Å². The first-order valence-corrected chi connectivity index (χ1v) is 7.09. The van der Waals surface area contributed by atoms with Crippen LogP contribution in [0.1, 0.15) is 30.1 Å². The van der Waals surface area contributed by atoms with Crippen LogP contribution in [0.15, 0.2) is 39.6 Å². The van der Waals surface area contributed by atoms with E-state index in [4.69, 9.17) is 0 Å². The molecule has 1 aromatic heterocycles. The molecule has 0 aliphatic heterocycles. The zero-order valence-electron chi connectivity index (χ0n) is 10.3. The van der Waals surface area contributed by atoms with Gasteiger partial charge in [0.25, 0.3) is 5.56 Å². The second kappa shape index (κ2) is 5.17. The zero-order valence-corrected chi connectivity index (χ0v) is 11.9. The van der Waals surface area contributed by atoms with Gasteiger partial charge in [-0.05, 0) is 30.5 Å². The predicted octanol–water partition coefficient (Wildman–Crippen LogP) is 3.02. The van der Waals surface area contributed by atoms with Gasteiger partial charge in [-0.2, -0.15) is 0 Å². The van der Waals surface area contributed by atoms with Crippen molar-refractivity contribution >= 4 is 21.7 Å². The van der Waals surface area contributed by atoms with Gasteiger partial charge < -0.3 is 10.3 Å². The van der Waals surface area contributed by atoms with Crippen molar-refractivity contribution in [2.75, 3.05) is 5.32 Å². The smallest absolute Gasteiger partial charge is 0.252 e. The maximum Gasteiger partial charge on any atom is 0.252 e. The van der Waals surface area contributed by atoms with Crippen LogP contribution in [-0.4, -0.2) is 9.97 Å². The van der Waals surface area contributed by atoms with E-state index in [0.29, 0.717) is 18.3 Å². The second-order valence-electron chi connectivity index (χ2n) is 4.77. The molecule has 3 rings (SSSR count). The van der Waals surface area contributed by atoms with Crippen molar-refractivity contribution < 1.29 is 0 Å². The first-order valence-electron chi connectivity index (χ1n) is 6.30. The SMILES string of the molecule is O=c1cc(NCc2cccc(Br)c2)nc(C2CC2)[nH]1. The molecular weight excluding hydrogens is 306 g/mol. The number of hydrogen-bond donors (Lipinski definition) is 2. The molecule has 1 saturated carbocycles. The Balaban J connectivity index is 1.74. The average Bonchev–Trinajstić information content (AvgIpc) is 3.20. The van der Waals surface area contributed by atoms with Gasteiger partial charge >= 0.3 is 0 Å². The molecule has 19 heavy (non-hydrogen) atoms. The Bertz CT molecular complexity index is 649. The van der Waals surface area contributed by atoms with Gasteiger partial charge in [0.05, 0.1) is 0 Å². The summed E-state index contributed by atoms with van der Waals surface area (Å²) in [6.07, 6.45) is 2.25. The molecule has 4 nitrogen and oxygen atoms in total. The molecule has 0 bridgehead atoms. The van der Waals surface area contributed by atoms with E-state index in [2.05, 4.69) is 31.2 Å². The fourth-order valence-corrected chi connectivity index (χ4v) is 2.40. The van der Waals surface area contributed by atoms with E-state index in [1.807, 2.05) is 24.3 Å². The number of nitrogens with one attached hydrogen (secondary N) is 2. The van der Waals surface area contributed by atoms with Crippen molar-refractivity contribution in [1.29, 1.82) is 0 Å². The molecule has 1 aliphatic rings. The summed E-state index contributed by atoms with van der Waals surface area (Å²) < 4.78 is 1.05. The van der Waals surface area contributed by atoms with Gasteiger partial charge in [0.15, 0.2) is 0 Å². The molecule has 98 valence electrons. The number of benzene rings is 1. The molecule has 0 saturated heterocycles. The highest BCUT2D eigenvalue weighted by atomic mass is 79.9. The van der Waals surface area contributed by atoms with E-state index < -0.39 is 0 Å². The predicted molar refractivity (Wildman–Crippen MR) is 78.3 cm³/mol. The third kappa shape index (κ3) is 3.23. The molecule has 1 fully saturated rings. The molecule has 2 aromatic rings. The van der Waals surface area contributed by atoms with Gasteiger partial charge in [0.2, 0.25) is 0 Å². The molecule has 0 spiro atoms. The molecule has 0 amide bonds. The average molecular weight is 320 g/mol. The first kappa shape index (κ1) is 12.4. The van der Waals surface area contributed by atoms with E-state index in [1.165, 1.54) is 6.07 Å². The van der Waals surface area contributed by atoms with Crippen molar-refractivity contribution in [3.8, 4) is 0 Å². The molecular formula is C14H14BrN3O. The lowest BCUT2D eigenvalue weighted by Crippen LogP contribution is -2.13. The summed E-state index contributed by atoms with van der Waals surface area (Å²) in [4.78, 5) is 18.8. The monoisotopic (exact) mass is 319 g/mol. The number of hydrogen-bond acceptors (Lipinski definition) is 3. The van der Waals surface area contributed by atoms with Crippen LogP contribution in [0.5, 0.6) is 0 Å². The summed E-state index contributed by atoms with van der Waals surface area (Å²) in [5, 5.41) is 3.20. The van der Waals surface area contributed by atoms with Gasteiger partial charge in [0, 0.05) is 23.0 Å². The van der Waals surface area contributed by atoms with E-state index >= 15 is 0 Å². The minimum absolute atomic E-state index is 0.0892. The Morgan fingerprint density at radius 1 is 1.37 bits per heavy atom. The Kier molecular flexibility index (Phi) is 3.38. The van der Waals surface area contributed by atoms with Crippen LogP contribution in [0.2, 0.25) is 0 Å². The Hall–Kier alpha value is -1.62. The summed E-state index contributed by atoms with van der Waals surface area (Å²) >= 11 is 3.44. The van der Waals surface area contributed by atoms with Crippen LogP contribution in [0, 0.1) is 0 Å². The van der Waals surface area contributed by atoms with Gasteiger partial charge in [-0.15, -0.1) is 0 Å². The maximum atomic E-state index is 11.6. The lowest BCUT2D eigenvalue weighted by atomic mass is 10.2. The van der Waals surface area contributed by atoms with E-state index in [1.54, 1.807) is 0 Å². The Morgan fingerprint density at radius 3 is 2.95 bits per heavy atom. The maximum absolute atomic E-state index is 11.6. The number of H-pyrrole nitrogens is 1. The largest absolute Gasteiger partial charge is 0.366 e. The zero-order chi connectivity index (χ0) is 13.2. The lowest BCUT2D eigenvalue weighted by molar-refractivity contribution is 0.903. The quantitative estimate of drug-likeness (QED) is 0.910. The van der Waals surface area contributed by atoms with E-state index in [-0.39, 0.29) is 5.56 Å². The second-order valence-corrected chi connectivity index (χ2v) is 5.69. The van der Waals surface area contributed by atoms with Crippen LogP contribution in [-0.2, 0) is 6.54 Å². The van der Waals surface area contributed by atoms with E-state index in [0.717, 1.165) is 28.7 Å². The van der Waals surface area contributed by atoms with Crippen LogP contribution >= 0.6 is 15.9 Å². The summed E-state index contributed by atoms with van der Waals surface area (Å²) in [5.41, 5.74) is 1.05. The number of rotatable bonds is 4. The minimum Gasteiger partial charge on any atom is -0.366 e. The van der Waals surface area contributed by atoms with Crippen LogP contribution in [0.25, 0.3) is 0 Å². The highest BCUT2D eigenvalue weighted by molar-refractivity contribution is 9.10. The number of anilines is 1. The summed E-state index contributed by atoms with van der Waals surface area (Å²) in [6.45, 7) is 0.653. The Labute approximate surface area is 119 Å². The summed E-state index contributed by atoms with van der Waals surface area (Å²) in [6, 6.07) is 9.56. The van der Waals surface area contributed by atoms with Crippen LogP contribution in [0.4, 0.5) is 5.82 Å². The van der Waals surface area contributed by atoms with Gasteiger partial charge in [0.1, 0.15) is 11.6 Å². The molecule has 0 atom stereocenters. The van der Waals surface area contributed by atoms with Crippen molar-refractivity contribution in [1.82, 2.24) is 9.97 Å². The van der Waals surface area contributed by atoms with Crippen molar-refractivity contribution in [2.24, 2.45) is 0 Å². The van der Waals surface area contributed by atoms with E-state index in [9.17, 15) is 4.79 Å². The summed E-state index contributed by atoms with van der Waals surface area (Å²) in [5.74, 6) is 1.90. The third-order valence-electron chi connectivity index (χ3n) is 3.09. The van der Waals surface area contributed by atoms with Crippen LogP contribution in [0.3, 0.4) is 0 Å². The van der Waals surface area contributed by atoms with Crippen molar-refractivity contribution in [3.63, 3.8) is 0 Å². The van der Waals surface area contributed by atoms with Crippen molar-refractivity contribution in [2.45, 2.75) is 25.3 Å². The van der Waals surface area contributed by atoms with Gasteiger partial charge in [-0.1, -0.05) is 28.1 Å². The van der Waals surface area contributed by atoms with Gasteiger partial charge in [-0.3, -0.25) is 4.79 Å². The normalized spacial score (nSPS) is 14.4. The van der Waals surface area contributed by atoms with Gasteiger partial charge in [-0.25, -0.2) is 4.98 Å². The molecule has 1 aromatic carbocycles. The molecule has 5 heteroatoms. The fourth-order valence-electron chi connectivity index (χ4n) is 1.96. The highest BCUT2D eigenvalue weighted by Crippen LogP contribution is 2.37. The minimum atomic E-state index is -0.0892. The topological polar surface area (TPSA) is 57.8 Å². The molecule has 0 radical (unpaired) electrons. The standard InChI is InChI=1S/C14H14BrN3O/c15-11-3-1-2-9(6-11)8-16-12-7-13(19)18-14(17-12)10-4-5-10/h1-3,6-7,10H,4-5,8H2,(H2,16,17,18,19). The molecule has 0 unspecified atom stereocenters. The molecule has 2 N–H and O–H groups in total. The molecule has 1 heterocycles. The number of aromatic nitrogens is 2. The highest BCUT2D eigenvalue weighted by Gasteiger charge is 2.26. The fraction of sp³-hybridized carbons (Fsp3) is 0.286. The summed E-state index contributed by atoms with van der Waals surface area (Å²) in [7, 11) is 0. The first-order chi connectivity index (χ1) is 9.20. The lowest BCUT2D eigenvalue weighted by Gasteiger charge is -2.07.